The van der Waals surface area contributed by atoms with E-state index in [2.05, 4.69) is 12.1 Å². The standard InChI is InChI=1S/C22H19NO2S2/c24-20-14-18-11-10-17-8-4-5-9-19(17)21(18)22(25)23(20)12-13-26-27-15-16-6-2-1-3-7-16/h1-11H,12-15H2. The van der Waals surface area contributed by atoms with Crippen molar-refractivity contribution in [2.24, 2.45) is 0 Å². The number of nitrogens with zero attached hydrogens (tertiary/aromatic N) is 1. The number of benzene rings is 3. The van der Waals surface area contributed by atoms with Crippen LogP contribution in [-0.2, 0) is 17.0 Å². The van der Waals surface area contributed by atoms with Gasteiger partial charge in [-0.2, -0.15) is 0 Å². The third-order valence-electron chi connectivity index (χ3n) is 4.67. The van der Waals surface area contributed by atoms with Gasteiger partial charge >= 0.3 is 0 Å². The molecule has 2 amide bonds. The quantitative estimate of drug-likeness (QED) is 0.337. The Morgan fingerprint density at radius 3 is 2.48 bits per heavy atom. The molecule has 0 N–H and O–H groups in total. The van der Waals surface area contributed by atoms with Crippen molar-refractivity contribution in [3.05, 3.63) is 83.4 Å². The molecule has 0 unspecified atom stereocenters. The summed E-state index contributed by atoms with van der Waals surface area (Å²) in [5.74, 6) is 1.39. The van der Waals surface area contributed by atoms with E-state index in [0.29, 0.717) is 18.5 Å². The molecule has 0 aromatic heterocycles. The minimum absolute atomic E-state index is 0.101. The summed E-state index contributed by atoms with van der Waals surface area (Å²) in [7, 11) is 3.45. The van der Waals surface area contributed by atoms with Gasteiger partial charge in [0.05, 0.1) is 12.0 Å². The topological polar surface area (TPSA) is 37.4 Å². The predicted molar refractivity (Wildman–Crippen MR) is 114 cm³/mol. The first-order valence-electron chi connectivity index (χ1n) is 8.88. The molecule has 1 heterocycles. The Labute approximate surface area is 166 Å². The summed E-state index contributed by atoms with van der Waals surface area (Å²) in [5.41, 5.74) is 2.81. The van der Waals surface area contributed by atoms with Crippen LogP contribution in [0.3, 0.4) is 0 Å². The first kappa shape index (κ1) is 18.1. The van der Waals surface area contributed by atoms with Crippen molar-refractivity contribution in [3.63, 3.8) is 0 Å². The van der Waals surface area contributed by atoms with Gasteiger partial charge in [-0.05, 0) is 21.9 Å². The third kappa shape index (κ3) is 3.89. The van der Waals surface area contributed by atoms with Gasteiger partial charge in [0.25, 0.3) is 5.91 Å². The van der Waals surface area contributed by atoms with E-state index in [-0.39, 0.29) is 11.8 Å². The van der Waals surface area contributed by atoms with E-state index in [1.54, 1.807) is 21.6 Å². The van der Waals surface area contributed by atoms with Crippen molar-refractivity contribution in [1.82, 2.24) is 4.90 Å². The molecule has 3 aromatic carbocycles. The molecule has 1 aliphatic heterocycles. The molecular formula is C22H19NO2S2. The Morgan fingerprint density at radius 1 is 0.852 bits per heavy atom. The molecule has 0 spiro atoms. The van der Waals surface area contributed by atoms with Crippen LogP contribution < -0.4 is 0 Å². The van der Waals surface area contributed by atoms with Gasteiger partial charge in [-0.1, -0.05) is 88.3 Å². The molecule has 3 nitrogen and oxygen atoms in total. The summed E-state index contributed by atoms with van der Waals surface area (Å²) >= 11 is 0. The van der Waals surface area contributed by atoms with Crippen LogP contribution in [0.1, 0.15) is 21.5 Å². The van der Waals surface area contributed by atoms with Crippen LogP contribution in [0.5, 0.6) is 0 Å². The fourth-order valence-electron chi connectivity index (χ4n) is 3.32. The van der Waals surface area contributed by atoms with Gasteiger partial charge in [0.15, 0.2) is 0 Å². The molecule has 0 atom stereocenters. The lowest BCUT2D eigenvalue weighted by Gasteiger charge is -2.27. The van der Waals surface area contributed by atoms with Crippen molar-refractivity contribution in [1.29, 1.82) is 0 Å². The van der Waals surface area contributed by atoms with Gasteiger partial charge in [0.1, 0.15) is 0 Å². The summed E-state index contributed by atoms with van der Waals surface area (Å²) in [6.07, 6.45) is 0.299. The monoisotopic (exact) mass is 393 g/mol. The summed E-state index contributed by atoms with van der Waals surface area (Å²) in [5, 5.41) is 1.97. The molecule has 0 aliphatic carbocycles. The maximum Gasteiger partial charge on any atom is 0.261 e. The van der Waals surface area contributed by atoms with E-state index in [4.69, 9.17) is 0 Å². The highest BCUT2D eigenvalue weighted by atomic mass is 33.1. The normalized spacial score (nSPS) is 13.9. The maximum absolute atomic E-state index is 13.0. The largest absolute Gasteiger partial charge is 0.277 e. The number of imide groups is 1. The maximum atomic E-state index is 13.0. The fourth-order valence-corrected chi connectivity index (χ4v) is 5.34. The van der Waals surface area contributed by atoms with Crippen LogP contribution in [0.25, 0.3) is 10.8 Å². The van der Waals surface area contributed by atoms with Gasteiger partial charge in [-0.15, -0.1) is 0 Å². The van der Waals surface area contributed by atoms with E-state index < -0.39 is 0 Å². The van der Waals surface area contributed by atoms with Crippen LogP contribution >= 0.6 is 21.6 Å². The van der Waals surface area contributed by atoms with Crippen LogP contribution in [0.2, 0.25) is 0 Å². The van der Waals surface area contributed by atoms with E-state index in [1.165, 1.54) is 10.5 Å². The van der Waals surface area contributed by atoms with E-state index >= 15 is 0 Å². The van der Waals surface area contributed by atoms with Crippen molar-refractivity contribution >= 4 is 44.2 Å². The first-order chi connectivity index (χ1) is 13.2. The lowest BCUT2D eigenvalue weighted by molar-refractivity contribution is -0.128. The van der Waals surface area contributed by atoms with Crippen LogP contribution in [-0.4, -0.2) is 29.0 Å². The average Bonchev–Trinajstić information content (AvgIpc) is 2.70. The summed E-state index contributed by atoms with van der Waals surface area (Å²) in [6.45, 7) is 0.451. The number of hydrogen-bond donors (Lipinski definition) is 0. The molecular weight excluding hydrogens is 374 g/mol. The minimum atomic E-state index is -0.160. The number of carbonyl (C=O) groups excluding carboxylic acids is 2. The van der Waals surface area contributed by atoms with Crippen molar-refractivity contribution in [2.45, 2.75) is 12.2 Å². The molecule has 1 aliphatic rings. The third-order valence-corrected chi connectivity index (χ3v) is 6.99. The number of rotatable bonds is 6. The van der Waals surface area contributed by atoms with Gasteiger partial charge in [0.2, 0.25) is 5.91 Å². The minimum Gasteiger partial charge on any atom is -0.277 e. The Morgan fingerprint density at radius 2 is 1.63 bits per heavy atom. The molecule has 0 saturated carbocycles. The second-order valence-corrected chi connectivity index (χ2v) is 9.00. The lowest BCUT2D eigenvalue weighted by Crippen LogP contribution is -2.43. The number of carbonyl (C=O) groups is 2. The second-order valence-electron chi connectivity index (χ2n) is 6.42. The highest BCUT2D eigenvalue weighted by molar-refractivity contribution is 8.76. The summed E-state index contributed by atoms with van der Waals surface area (Å²) < 4.78 is 0. The molecule has 0 bridgehead atoms. The van der Waals surface area contributed by atoms with Gasteiger partial charge in [-0.3, -0.25) is 14.5 Å². The second kappa shape index (κ2) is 8.19. The average molecular weight is 394 g/mol. The molecule has 0 fully saturated rings. The van der Waals surface area contributed by atoms with E-state index in [0.717, 1.165) is 27.8 Å². The first-order valence-corrected chi connectivity index (χ1v) is 11.4. The van der Waals surface area contributed by atoms with Crippen LogP contribution in [0.15, 0.2) is 66.7 Å². The zero-order valence-electron chi connectivity index (χ0n) is 14.8. The molecule has 27 heavy (non-hydrogen) atoms. The van der Waals surface area contributed by atoms with Gasteiger partial charge in [0, 0.05) is 18.1 Å². The molecule has 0 saturated heterocycles. The summed E-state index contributed by atoms with van der Waals surface area (Å²) in [6, 6.07) is 22.1. The summed E-state index contributed by atoms with van der Waals surface area (Å²) in [4.78, 5) is 26.9. The Balaban J connectivity index is 1.41. The highest BCUT2D eigenvalue weighted by Crippen LogP contribution is 2.30. The lowest BCUT2D eigenvalue weighted by atomic mass is 9.93. The van der Waals surface area contributed by atoms with E-state index in [1.807, 2.05) is 54.6 Å². The number of amides is 2. The van der Waals surface area contributed by atoms with Gasteiger partial charge in [-0.25, -0.2) is 0 Å². The molecule has 0 radical (unpaired) electrons. The van der Waals surface area contributed by atoms with Crippen LogP contribution in [0.4, 0.5) is 0 Å². The van der Waals surface area contributed by atoms with Crippen molar-refractivity contribution in [3.8, 4) is 0 Å². The van der Waals surface area contributed by atoms with Gasteiger partial charge < -0.3 is 0 Å². The smallest absolute Gasteiger partial charge is 0.261 e. The number of fused-ring (bicyclic) bond motifs is 3. The molecule has 136 valence electrons. The zero-order valence-corrected chi connectivity index (χ0v) is 16.4. The molecule has 4 rings (SSSR count). The van der Waals surface area contributed by atoms with Crippen LogP contribution in [0, 0.1) is 0 Å². The Bertz CT molecular complexity index is 988. The SMILES string of the molecule is O=C1Cc2ccc3ccccc3c2C(=O)N1CCSSCc1ccccc1. The number of hydrogen-bond acceptors (Lipinski definition) is 4. The molecule has 3 aromatic rings. The Hall–Kier alpha value is -2.24. The highest BCUT2D eigenvalue weighted by Gasteiger charge is 2.31. The predicted octanol–water partition coefficient (Wildman–Crippen LogP) is 4.95. The zero-order chi connectivity index (χ0) is 18.6. The van der Waals surface area contributed by atoms with E-state index in [9.17, 15) is 9.59 Å². The van der Waals surface area contributed by atoms with Crippen molar-refractivity contribution in [2.75, 3.05) is 12.3 Å². The van der Waals surface area contributed by atoms with Crippen molar-refractivity contribution < 1.29 is 9.59 Å². The fraction of sp³-hybridized carbons (Fsp3) is 0.182. The Kier molecular flexibility index (Phi) is 5.50. The molecule has 5 heteroatoms.